The Bertz CT molecular complexity index is 1200. The van der Waals surface area contributed by atoms with Crippen molar-refractivity contribution in [3.05, 3.63) is 76.2 Å². The van der Waals surface area contributed by atoms with Crippen LogP contribution in [0.5, 0.6) is 0 Å². The number of nitrogens with one attached hydrogen (secondary N) is 2. The highest BCUT2D eigenvalue weighted by Gasteiger charge is 2.22. The molecule has 3 aromatic rings. The molecule has 0 radical (unpaired) electrons. The Morgan fingerprint density at radius 2 is 1.83 bits per heavy atom. The number of nitriles is 2. The van der Waals surface area contributed by atoms with Crippen LogP contribution < -0.4 is 10.6 Å². The van der Waals surface area contributed by atoms with E-state index in [1.165, 1.54) is 6.26 Å². The van der Waals surface area contributed by atoms with Gasteiger partial charge in [0, 0.05) is 16.9 Å². The van der Waals surface area contributed by atoms with E-state index < -0.39 is 5.91 Å². The van der Waals surface area contributed by atoms with E-state index in [1.54, 1.807) is 31.2 Å². The fraction of sp³-hybridized carbons (Fsp3) is 0.0909. The van der Waals surface area contributed by atoms with E-state index in [9.17, 15) is 15.3 Å². The molecular formula is C22H17N5O2S. The quantitative estimate of drug-likeness (QED) is 0.320. The van der Waals surface area contributed by atoms with Gasteiger partial charge >= 0.3 is 0 Å². The maximum atomic E-state index is 12.8. The van der Waals surface area contributed by atoms with Crippen molar-refractivity contribution in [2.24, 2.45) is 0 Å². The number of nitrogens with zero attached hydrogens (tertiary/aromatic N) is 3. The van der Waals surface area contributed by atoms with Gasteiger partial charge in [-0.2, -0.15) is 10.5 Å². The average Bonchev–Trinajstić information content (AvgIpc) is 3.26. The average molecular weight is 415 g/mol. The van der Waals surface area contributed by atoms with Gasteiger partial charge in [-0.25, -0.2) is 4.98 Å². The van der Waals surface area contributed by atoms with Gasteiger partial charge in [0.25, 0.3) is 5.91 Å². The number of furan rings is 1. The van der Waals surface area contributed by atoms with Crippen LogP contribution in [0.4, 0.5) is 11.5 Å². The third-order valence-corrected chi connectivity index (χ3v) is 4.74. The molecule has 2 aromatic heterocycles. The summed E-state index contributed by atoms with van der Waals surface area (Å²) in [4.78, 5) is 17.1. The number of carbonyl (C=O) groups excluding carboxylic acids is 1. The number of benzene rings is 1. The Hall–Kier alpha value is -4.01. The summed E-state index contributed by atoms with van der Waals surface area (Å²) in [5.74, 6) is -0.198. The highest BCUT2D eigenvalue weighted by Crippen LogP contribution is 2.33. The van der Waals surface area contributed by atoms with E-state index in [1.807, 2.05) is 31.2 Å². The number of amides is 1. The molecule has 1 aromatic carbocycles. The van der Waals surface area contributed by atoms with Gasteiger partial charge in [-0.1, -0.05) is 18.2 Å². The zero-order chi connectivity index (χ0) is 21.7. The smallest absolute Gasteiger partial charge is 0.270 e. The summed E-state index contributed by atoms with van der Waals surface area (Å²) in [5.41, 5.74) is 2.50. The number of pyridine rings is 1. The second-order valence-electron chi connectivity index (χ2n) is 6.29. The third kappa shape index (κ3) is 4.19. The van der Waals surface area contributed by atoms with Gasteiger partial charge in [-0.15, -0.1) is 12.6 Å². The Morgan fingerprint density at radius 1 is 1.10 bits per heavy atom. The van der Waals surface area contributed by atoms with Gasteiger partial charge in [0.2, 0.25) is 0 Å². The van der Waals surface area contributed by atoms with Gasteiger partial charge in [-0.3, -0.25) is 4.79 Å². The van der Waals surface area contributed by atoms with Crippen LogP contribution in [0.2, 0.25) is 0 Å². The van der Waals surface area contributed by atoms with Crippen molar-refractivity contribution in [2.45, 2.75) is 13.8 Å². The van der Waals surface area contributed by atoms with Crippen molar-refractivity contribution in [1.82, 2.24) is 4.98 Å². The van der Waals surface area contributed by atoms with Crippen molar-refractivity contribution >= 4 is 30.0 Å². The molecule has 0 aliphatic heterocycles. The standard InChI is InChI=1S/C22H17N5O2S/c1-13-14(2)25-20(16(11-23)19(13)18-9-6-10-29-18)27-21(28)17(12-24)22(30)26-15-7-4-3-5-8-15/h3-10,26,30H,1-2H3,(H,25,27,28)/b22-17-. The molecule has 2 N–H and O–H groups in total. The molecule has 0 spiro atoms. The molecular weight excluding hydrogens is 398 g/mol. The molecule has 0 bridgehead atoms. The summed E-state index contributed by atoms with van der Waals surface area (Å²) in [6.07, 6.45) is 1.50. The highest BCUT2D eigenvalue weighted by molar-refractivity contribution is 7.84. The van der Waals surface area contributed by atoms with Gasteiger partial charge in [0.05, 0.1) is 11.3 Å². The molecule has 0 atom stereocenters. The van der Waals surface area contributed by atoms with Crippen molar-refractivity contribution in [2.75, 3.05) is 10.6 Å². The first-order valence-corrected chi connectivity index (χ1v) is 9.33. The van der Waals surface area contributed by atoms with Gasteiger partial charge in [-0.05, 0) is 43.7 Å². The SMILES string of the molecule is Cc1nc(NC(=O)/C(C#N)=C(\S)Nc2ccccc2)c(C#N)c(-c2ccco2)c1C. The largest absolute Gasteiger partial charge is 0.464 e. The molecule has 30 heavy (non-hydrogen) atoms. The minimum atomic E-state index is -0.733. The fourth-order valence-corrected chi connectivity index (χ4v) is 3.11. The first kappa shape index (κ1) is 20.7. The van der Waals surface area contributed by atoms with Crippen LogP contribution in [-0.4, -0.2) is 10.9 Å². The minimum absolute atomic E-state index is 0.0468. The summed E-state index contributed by atoms with van der Waals surface area (Å²) >= 11 is 4.26. The predicted octanol–water partition coefficient (Wildman–Crippen LogP) is 4.55. The van der Waals surface area contributed by atoms with E-state index in [4.69, 9.17) is 4.42 Å². The lowest BCUT2D eigenvalue weighted by Gasteiger charge is -2.14. The van der Waals surface area contributed by atoms with Crippen LogP contribution in [0.15, 0.2) is 63.7 Å². The maximum Gasteiger partial charge on any atom is 0.270 e. The van der Waals surface area contributed by atoms with Crippen molar-refractivity contribution in [1.29, 1.82) is 10.5 Å². The Balaban J connectivity index is 1.99. The first-order valence-electron chi connectivity index (χ1n) is 8.88. The second kappa shape index (κ2) is 8.99. The van der Waals surface area contributed by atoms with Crippen molar-refractivity contribution < 1.29 is 9.21 Å². The van der Waals surface area contributed by atoms with Crippen LogP contribution in [0, 0.1) is 36.5 Å². The van der Waals surface area contributed by atoms with E-state index in [2.05, 4.69) is 34.3 Å². The lowest BCUT2D eigenvalue weighted by atomic mass is 10.00. The summed E-state index contributed by atoms with van der Waals surface area (Å²) in [7, 11) is 0. The number of hydrogen-bond acceptors (Lipinski definition) is 7. The molecule has 2 heterocycles. The summed E-state index contributed by atoms with van der Waals surface area (Å²) in [6.45, 7) is 3.59. The highest BCUT2D eigenvalue weighted by atomic mass is 32.1. The maximum absolute atomic E-state index is 12.8. The van der Waals surface area contributed by atoms with Crippen LogP contribution in [-0.2, 0) is 4.79 Å². The number of aromatic nitrogens is 1. The lowest BCUT2D eigenvalue weighted by molar-refractivity contribution is -0.112. The van der Waals surface area contributed by atoms with Crippen molar-refractivity contribution in [3.63, 3.8) is 0 Å². The van der Waals surface area contributed by atoms with Gasteiger partial charge in [0.15, 0.2) is 5.82 Å². The predicted molar refractivity (Wildman–Crippen MR) is 116 cm³/mol. The number of carbonyl (C=O) groups is 1. The molecule has 7 nitrogen and oxygen atoms in total. The zero-order valence-corrected chi connectivity index (χ0v) is 17.1. The first-order chi connectivity index (χ1) is 14.5. The molecule has 0 saturated carbocycles. The number of rotatable bonds is 5. The molecule has 0 aliphatic carbocycles. The van der Waals surface area contributed by atoms with Crippen LogP contribution >= 0.6 is 12.6 Å². The number of para-hydroxylation sites is 1. The molecule has 3 rings (SSSR count). The van der Waals surface area contributed by atoms with Crippen LogP contribution in [0.1, 0.15) is 16.8 Å². The topological polar surface area (TPSA) is 115 Å². The number of aryl methyl sites for hydroxylation is 1. The van der Waals surface area contributed by atoms with Crippen LogP contribution in [0.25, 0.3) is 11.3 Å². The van der Waals surface area contributed by atoms with Crippen LogP contribution in [0.3, 0.4) is 0 Å². The molecule has 148 valence electrons. The monoisotopic (exact) mass is 415 g/mol. The fourth-order valence-electron chi connectivity index (χ4n) is 2.82. The number of anilines is 2. The van der Waals surface area contributed by atoms with Gasteiger partial charge in [0.1, 0.15) is 29.0 Å². The summed E-state index contributed by atoms with van der Waals surface area (Å²) in [6, 6.07) is 16.4. The van der Waals surface area contributed by atoms with Gasteiger partial charge < -0.3 is 15.1 Å². The Labute approximate surface area is 179 Å². The van der Waals surface area contributed by atoms with E-state index >= 15 is 0 Å². The molecule has 8 heteroatoms. The molecule has 0 fully saturated rings. The summed E-state index contributed by atoms with van der Waals surface area (Å²) in [5, 5.41) is 24.8. The Kier molecular flexibility index (Phi) is 6.21. The van der Waals surface area contributed by atoms with E-state index in [0.717, 1.165) is 5.56 Å². The Morgan fingerprint density at radius 3 is 2.43 bits per heavy atom. The molecule has 0 unspecified atom stereocenters. The summed E-state index contributed by atoms with van der Waals surface area (Å²) < 4.78 is 5.46. The van der Waals surface area contributed by atoms with Crippen molar-refractivity contribution in [3.8, 4) is 23.5 Å². The van der Waals surface area contributed by atoms with E-state index in [0.29, 0.717) is 22.7 Å². The number of hydrogen-bond donors (Lipinski definition) is 3. The van der Waals surface area contributed by atoms with E-state index in [-0.39, 0.29) is 22.0 Å². The number of thiol groups is 1. The second-order valence-corrected chi connectivity index (χ2v) is 6.74. The lowest BCUT2D eigenvalue weighted by Crippen LogP contribution is -2.19. The molecule has 0 saturated heterocycles. The molecule has 1 amide bonds. The normalized spacial score (nSPS) is 11.1. The third-order valence-electron chi connectivity index (χ3n) is 4.41. The minimum Gasteiger partial charge on any atom is -0.464 e. The molecule has 0 aliphatic rings. The zero-order valence-electron chi connectivity index (χ0n) is 16.2.